The molecule has 19 heavy (non-hydrogen) atoms. The highest BCUT2D eigenvalue weighted by atomic mass is 16.4. The van der Waals surface area contributed by atoms with Crippen molar-refractivity contribution in [3.63, 3.8) is 0 Å². The number of aromatic amines is 1. The Labute approximate surface area is 111 Å². The molecule has 0 aliphatic heterocycles. The molecule has 1 aromatic rings. The number of amides is 2. The van der Waals surface area contributed by atoms with Crippen molar-refractivity contribution in [2.75, 3.05) is 0 Å². The number of hydrogen-bond donors (Lipinski definition) is 4. The zero-order valence-electron chi connectivity index (χ0n) is 11.4. The van der Waals surface area contributed by atoms with E-state index in [4.69, 9.17) is 5.11 Å². The van der Waals surface area contributed by atoms with Crippen molar-refractivity contribution in [3.8, 4) is 0 Å². The summed E-state index contributed by atoms with van der Waals surface area (Å²) in [5.41, 5.74) is 1.74. The van der Waals surface area contributed by atoms with Gasteiger partial charge in [0.25, 0.3) is 0 Å². The summed E-state index contributed by atoms with van der Waals surface area (Å²) in [5, 5.41) is 20.8. The molecule has 1 aromatic heterocycles. The van der Waals surface area contributed by atoms with Gasteiger partial charge in [-0.15, -0.1) is 0 Å². The number of rotatable bonds is 6. The van der Waals surface area contributed by atoms with Crippen LogP contribution in [0.25, 0.3) is 0 Å². The summed E-state index contributed by atoms with van der Waals surface area (Å²) >= 11 is 0. The number of nitrogens with one attached hydrogen (secondary N) is 3. The molecule has 4 N–H and O–H groups in total. The zero-order valence-corrected chi connectivity index (χ0v) is 11.4. The third kappa shape index (κ3) is 4.27. The van der Waals surface area contributed by atoms with Crippen LogP contribution in [0.15, 0.2) is 6.20 Å². The topological polar surface area (TPSA) is 107 Å². The molecule has 2 atom stereocenters. The van der Waals surface area contributed by atoms with Crippen molar-refractivity contribution in [2.45, 2.75) is 39.8 Å². The van der Waals surface area contributed by atoms with Crippen LogP contribution in [0, 0.1) is 12.8 Å². The van der Waals surface area contributed by atoms with Gasteiger partial charge >= 0.3 is 12.0 Å². The Morgan fingerprint density at radius 3 is 2.68 bits per heavy atom. The number of aryl methyl sites for hydroxylation is 1. The van der Waals surface area contributed by atoms with E-state index in [0.29, 0.717) is 13.0 Å². The molecule has 0 spiro atoms. The van der Waals surface area contributed by atoms with E-state index in [1.54, 1.807) is 13.1 Å². The Kier molecular flexibility index (Phi) is 5.35. The van der Waals surface area contributed by atoms with Crippen LogP contribution in [0.5, 0.6) is 0 Å². The molecule has 0 aliphatic carbocycles. The van der Waals surface area contributed by atoms with Gasteiger partial charge < -0.3 is 15.7 Å². The third-order valence-corrected chi connectivity index (χ3v) is 3.14. The number of hydrogen-bond acceptors (Lipinski definition) is 3. The van der Waals surface area contributed by atoms with Crippen molar-refractivity contribution >= 4 is 12.0 Å². The second-order valence-corrected chi connectivity index (χ2v) is 4.55. The van der Waals surface area contributed by atoms with Crippen molar-refractivity contribution < 1.29 is 14.7 Å². The van der Waals surface area contributed by atoms with Gasteiger partial charge in [-0.05, 0) is 12.8 Å². The Bertz CT molecular complexity index is 444. The Balaban J connectivity index is 2.49. The van der Waals surface area contributed by atoms with Crippen LogP contribution in [0.1, 0.15) is 31.5 Å². The molecule has 0 radical (unpaired) electrons. The first-order valence-electron chi connectivity index (χ1n) is 6.21. The van der Waals surface area contributed by atoms with E-state index >= 15 is 0 Å². The van der Waals surface area contributed by atoms with Gasteiger partial charge in [-0.1, -0.05) is 20.3 Å². The maximum atomic E-state index is 11.7. The summed E-state index contributed by atoms with van der Waals surface area (Å²) in [4.78, 5) is 22.7. The maximum absolute atomic E-state index is 11.7. The minimum Gasteiger partial charge on any atom is -0.480 e. The van der Waals surface area contributed by atoms with Gasteiger partial charge in [0.1, 0.15) is 6.04 Å². The van der Waals surface area contributed by atoms with Crippen molar-refractivity contribution in [1.82, 2.24) is 20.8 Å². The molecule has 1 heterocycles. The predicted octanol–water partition coefficient (Wildman–Crippen LogP) is 1.02. The number of aromatic nitrogens is 2. The smallest absolute Gasteiger partial charge is 0.326 e. The highest BCUT2D eigenvalue weighted by Crippen LogP contribution is 2.08. The van der Waals surface area contributed by atoms with Crippen LogP contribution < -0.4 is 10.6 Å². The molecule has 0 saturated carbocycles. The third-order valence-electron chi connectivity index (χ3n) is 3.14. The molecule has 7 nitrogen and oxygen atoms in total. The summed E-state index contributed by atoms with van der Waals surface area (Å²) in [6.07, 6.45) is 2.30. The highest BCUT2D eigenvalue weighted by Gasteiger charge is 2.25. The first-order chi connectivity index (χ1) is 8.95. The number of aliphatic carboxylic acids is 1. The summed E-state index contributed by atoms with van der Waals surface area (Å²) < 4.78 is 0. The van der Waals surface area contributed by atoms with Crippen LogP contribution in [-0.4, -0.2) is 33.3 Å². The van der Waals surface area contributed by atoms with Crippen molar-refractivity contribution in [1.29, 1.82) is 0 Å². The number of urea groups is 1. The molecule has 0 unspecified atom stereocenters. The van der Waals surface area contributed by atoms with Crippen molar-refractivity contribution in [2.24, 2.45) is 5.92 Å². The fourth-order valence-corrected chi connectivity index (χ4v) is 1.60. The number of nitrogens with zero attached hydrogens (tertiary/aromatic N) is 1. The molecular weight excluding hydrogens is 248 g/mol. The first kappa shape index (κ1) is 15.0. The van der Waals surface area contributed by atoms with E-state index in [1.807, 2.05) is 13.8 Å². The van der Waals surface area contributed by atoms with E-state index in [0.717, 1.165) is 11.3 Å². The summed E-state index contributed by atoms with van der Waals surface area (Å²) in [5.74, 6) is -1.15. The van der Waals surface area contributed by atoms with Crippen molar-refractivity contribution in [3.05, 3.63) is 17.5 Å². The minimum absolute atomic E-state index is 0.126. The molecule has 0 bridgehead atoms. The van der Waals surface area contributed by atoms with Gasteiger partial charge in [0.2, 0.25) is 0 Å². The Morgan fingerprint density at radius 1 is 1.53 bits per heavy atom. The first-order valence-corrected chi connectivity index (χ1v) is 6.21. The average molecular weight is 268 g/mol. The van der Waals surface area contributed by atoms with Gasteiger partial charge in [-0.3, -0.25) is 5.10 Å². The second kappa shape index (κ2) is 6.77. The van der Waals surface area contributed by atoms with Crippen LogP contribution in [-0.2, 0) is 11.3 Å². The molecule has 0 saturated heterocycles. The molecule has 2 amide bonds. The Morgan fingerprint density at radius 2 is 2.21 bits per heavy atom. The SMILES string of the molecule is CC[C@H](C)[C@H](NC(=O)NCc1cn[nH]c1C)C(=O)O. The van der Waals surface area contributed by atoms with Crippen LogP contribution in [0.2, 0.25) is 0 Å². The highest BCUT2D eigenvalue weighted by molar-refractivity contribution is 5.82. The van der Waals surface area contributed by atoms with E-state index < -0.39 is 18.0 Å². The maximum Gasteiger partial charge on any atom is 0.326 e. The predicted molar refractivity (Wildman–Crippen MR) is 69.6 cm³/mol. The average Bonchev–Trinajstić information content (AvgIpc) is 2.77. The summed E-state index contributed by atoms with van der Waals surface area (Å²) in [6, 6.07) is -1.37. The van der Waals surface area contributed by atoms with E-state index in [-0.39, 0.29) is 5.92 Å². The number of carboxylic acids is 1. The molecule has 7 heteroatoms. The van der Waals surface area contributed by atoms with Crippen LogP contribution in [0.3, 0.4) is 0 Å². The monoisotopic (exact) mass is 268 g/mol. The van der Waals surface area contributed by atoms with Gasteiger partial charge in [0, 0.05) is 17.8 Å². The largest absolute Gasteiger partial charge is 0.480 e. The number of carbonyl (C=O) groups excluding carboxylic acids is 1. The molecule has 0 aliphatic rings. The van der Waals surface area contributed by atoms with Gasteiger partial charge in [-0.2, -0.15) is 5.10 Å². The van der Waals surface area contributed by atoms with E-state index in [9.17, 15) is 9.59 Å². The van der Waals surface area contributed by atoms with Crippen LogP contribution >= 0.6 is 0 Å². The Hall–Kier alpha value is -2.05. The summed E-state index contributed by atoms with van der Waals surface area (Å²) in [7, 11) is 0. The number of carboxylic acid groups (broad SMARTS) is 1. The molecular formula is C12H20N4O3. The normalized spacial score (nSPS) is 13.6. The number of H-pyrrole nitrogens is 1. The van der Waals surface area contributed by atoms with Crippen LogP contribution in [0.4, 0.5) is 4.79 Å². The fourth-order valence-electron chi connectivity index (χ4n) is 1.60. The lowest BCUT2D eigenvalue weighted by atomic mass is 9.99. The lowest BCUT2D eigenvalue weighted by Crippen LogP contribution is -2.48. The lowest BCUT2D eigenvalue weighted by Gasteiger charge is -2.20. The van der Waals surface area contributed by atoms with Gasteiger partial charge in [0.15, 0.2) is 0 Å². The van der Waals surface area contributed by atoms with E-state index in [1.165, 1.54) is 0 Å². The zero-order chi connectivity index (χ0) is 14.4. The summed E-state index contributed by atoms with van der Waals surface area (Å²) in [6.45, 7) is 5.83. The lowest BCUT2D eigenvalue weighted by molar-refractivity contribution is -0.140. The molecule has 106 valence electrons. The molecule has 0 fully saturated rings. The quantitative estimate of drug-likeness (QED) is 0.617. The minimum atomic E-state index is -1.02. The standard InChI is InChI=1S/C12H20N4O3/c1-4-7(2)10(11(17)18)15-12(19)13-5-9-6-14-16-8(9)3/h6-7,10H,4-5H2,1-3H3,(H,14,16)(H,17,18)(H2,13,15,19)/t7-,10-/m0/s1. The second-order valence-electron chi connectivity index (χ2n) is 4.55. The number of carbonyl (C=O) groups is 2. The fraction of sp³-hybridized carbons (Fsp3) is 0.583. The molecule has 0 aromatic carbocycles. The van der Waals surface area contributed by atoms with Gasteiger partial charge in [0.05, 0.1) is 6.20 Å². The molecule has 1 rings (SSSR count). The van der Waals surface area contributed by atoms with E-state index in [2.05, 4.69) is 20.8 Å². The van der Waals surface area contributed by atoms with Gasteiger partial charge in [-0.25, -0.2) is 9.59 Å².